The van der Waals surface area contributed by atoms with Crippen molar-refractivity contribution in [3.8, 4) is 28.5 Å². The number of benzene rings is 2. The molecule has 9 heteroatoms. The van der Waals surface area contributed by atoms with E-state index in [2.05, 4.69) is 0 Å². The first-order valence-electron chi connectivity index (χ1n) is 10.7. The van der Waals surface area contributed by atoms with Crippen molar-refractivity contribution < 1.29 is 29.3 Å². The van der Waals surface area contributed by atoms with Crippen LogP contribution in [0.5, 0.6) is 17.2 Å². The minimum atomic E-state index is -1.52. The van der Waals surface area contributed by atoms with Crippen molar-refractivity contribution in [3.05, 3.63) is 75.2 Å². The van der Waals surface area contributed by atoms with Crippen molar-refractivity contribution in [2.75, 3.05) is 14.2 Å². The SMILES string of the molecule is COc1ccc(Cn2c(-c3ccc4c(c3)cc(C=O)n4C)c(C)c(O)c(C(=O)O)c2=O)c(OC)c1. The largest absolute Gasteiger partial charge is 0.506 e. The van der Waals surface area contributed by atoms with Crippen molar-refractivity contribution in [3.63, 3.8) is 0 Å². The zero-order chi connectivity index (χ0) is 25.4. The predicted molar refractivity (Wildman–Crippen MR) is 130 cm³/mol. The number of carboxylic acid groups (broad SMARTS) is 1. The Bertz CT molecular complexity index is 1550. The lowest BCUT2D eigenvalue weighted by molar-refractivity contribution is 0.0690. The van der Waals surface area contributed by atoms with Gasteiger partial charge in [-0.05, 0) is 42.8 Å². The third kappa shape index (κ3) is 3.90. The molecule has 0 bridgehead atoms. The summed E-state index contributed by atoms with van der Waals surface area (Å²) in [7, 11) is 4.78. The zero-order valence-electron chi connectivity index (χ0n) is 19.7. The van der Waals surface area contributed by atoms with Crippen molar-refractivity contribution in [1.29, 1.82) is 0 Å². The molecule has 0 saturated heterocycles. The molecule has 0 atom stereocenters. The lowest BCUT2D eigenvalue weighted by atomic mass is 10.0. The van der Waals surface area contributed by atoms with Crippen LogP contribution in [-0.4, -0.2) is 45.8 Å². The first kappa shape index (κ1) is 23.6. The number of carboxylic acids is 1. The Morgan fingerprint density at radius 3 is 2.46 bits per heavy atom. The van der Waals surface area contributed by atoms with E-state index >= 15 is 0 Å². The molecule has 2 aromatic carbocycles. The molecule has 0 amide bonds. The van der Waals surface area contributed by atoms with E-state index in [1.807, 2.05) is 6.07 Å². The summed E-state index contributed by atoms with van der Waals surface area (Å²) in [5.74, 6) is -1.09. The number of aldehydes is 1. The van der Waals surface area contributed by atoms with Crippen LogP contribution in [0.4, 0.5) is 0 Å². The summed E-state index contributed by atoms with van der Waals surface area (Å²) in [4.78, 5) is 36.6. The molecular weight excluding hydrogens is 452 g/mol. The number of hydrogen-bond donors (Lipinski definition) is 2. The zero-order valence-corrected chi connectivity index (χ0v) is 19.7. The van der Waals surface area contributed by atoms with Crippen LogP contribution in [0.15, 0.2) is 47.3 Å². The molecule has 0 saturated carbocycles. The molecule has 2 heterocycles. The van der Waals surface area contributed by atoms with E-state index in [-0.39, 0.29) is 12.1 Å². The van der Waals surface area contributed by atoms with Crippen LogP contribution < -0.4 is 15.0 Å². The summed E-state index contributed by atoms with van der Waals surface area (Å²) in [5.41, 5.74) is 1.52. The predicted octanol–water partition coefficient (Wildman–Crippen LogP) is 3.60. The molecule has 35 heavy (non-hydrogen) atoms. The summed E-state index contributed by atoms with van der Waals surface area (Å²) < 4.78 is 13.8. The van der Waals surface area contributed by atoms with E-state index in [0.717, 1.165) is 17.2 Å². The maximum Gasteiger partial charge on any atom is 0.345 e. The molecule has 180 valence electrons. The van der Waals surface area contributed by atoms with Gasteiger partial charge in [0.15, 0.2) is 11.8 Å². The summed E-state index contributed by atoms with van der Waals surface area (Å²) in [5, 5.41) is 21.1. The standard InChI is InChI=1S/C26H24N2O7/c1-14-23(15-6-8-20-17(9-15)10-18(13-29)27(20)2)28(25(31)22(24(14)30)26(32)33)12-16-5-7-19(34-3)11-21(16)35-4/h5-11,13,30H,12H2,1-4H3,(H,32,33). The first-order valence-corrected chi connectivity index (χ1v) is 10.7. The van der Waals surface area contributed by atoms with Crippen LogP contribution >= 0.6 is 0 Å². The number of pyridine rings is 1. The Kier molecular flexibility index (Phi) is 6.09. The lowest BCUT2D eigenvalue weighted by Crippen LogP contribution is -2.29. The van der Waals surface area contributed by atoms with Crippen LogP contribution in [0.1, 0.15) is 32.0 Å². The number of aromatic nitrogens is 2. The number of aryl methyl sites for hydroxylation is 1. The van der Waals surface area contributed by atoms with Gasteiger partial charge < -0.3 is 28.8 Å². The normalized spacial score (nSPS) is 11.0. The minimum Gasteiger partial charge on any atom is -0.506 e. The molecule has 0 aliphatic heterocycles. The first-order chi connectivity index (χ1) is 16.7. The molecule has 0 aliphatic rings. The molecule has 9 nitrogen and oxygen atoms in total. The molecule has 0 fully saturated rings. The van der Waals surface area contributed by atoms with Crippen molar-refractivity contribution in [1.82, 2.24) is 9.13 Å². The highest BCUT2D eigenvalue weighted by Gasteiger charge is 2.25. The van der Waals surface area contributed by atoms with Gasteiger partial charge in [-0.25, -0.2) is 4.79 Å². The number of aromatic hydroxyl groups is 1. The summed E-state index contributed by atoms with van der Waals surface area (Å²) >= 11 is 0. The van der Waals surface area contributed by atoms with Gasteiger partial charge in [0.2, 0.25) is 0 Å². The molecule has 0 aliphatic carbocycles. The third-order valence-corrected chi connectivity index (χ3v) is 6.19. The van der Waals surface area contributed by atoms with Crippen LogP contribution in [0.3, 0.4) is 0 Å². The van der Waals surface area contributed by atoms with E-state index in [0.29, 0.717) is 34.0 Å². The molecule has 2 aromatic heterocycles. The second-order valence-corrected chi connectivity index (χ2v) is 8.09. The number of aromatic carboxylic acids is 1. The van der Waals surface area contributed by atoms with Gasteiger partial charge in [-0.3, -0.25) is 9.59 Å². The molecular formula is C26H24N2O7. The number of fused-ring (bicyclic) bond motifs is 1. The number of rotatable bonds is 7. The van der Waals surface area contributed by atoms with Gasteiger partial charge in [-0.2, -0.15) is 0 Å². The van der Waals surface area contributed by atoms with Crippen molar-refractivity contribution in [2.24, 2.45) is 7.05 Å². The van der Waals surface area contributed by atoms with Gasteiger partial charge in [0.25, 0.3) is 5.56 Å². The fourth-order valence-electron chi connectivity index (χ4n) is 4.34. The van der Waals surface area contributed by atoms with Crippen molar-refractivity contribution >= 4 is 23.2 Å². The Morgan fingerprint density at radius 1 is 1.09 bits per heavy atom. The topological polar surface area (TPSA) is 120 Å². The van der Waals surface area contributed by atoms with Crippen LogP contribution in [0.25, 0.3) is 22.2 Å². The Hall–Kier alpha value is -4.53. The van der Waals surface area contributed by atoms with E-state index < -0.39 is 22.8 Å². The number of ether oxygens (including phenoxy) is 2. The maximum atomic E-state index is 13.4. The quantitative estimate of drug-likeness (QED) is 0.391. The Labute approximate surface area is 200 Å². The fourth-order valence-corrected chi connectivity index (χ4v) is 4.34. The summed E-state index contributed by atoms with van der Waals surface area (Å²) in [6.45, 7) is 1.54. The van der Waals surface area contributed by atoms with E-state index in [1.54, 1.807) is 54.9 Å². The minimum absolute atomic E-state index is 0.0187. The van der Waals surface area contributed by atoms with Crippen LogP contribution in [0, 0.1) is 6.92 Å². The second kappa shape index (κ2) is 9.02. The molecule has 0 spiro atoms. The van der Waals surface area contributed by atoms with Gasteiger partial charge in [-0.15, -0.1) is 0 Å². The average molecular weight is 476 g/mol. The molecule has 0 radical (unpaired) electrons. The van der Waals surface area contributed by atoms with Crippen LogP contribution in [-0.2, 0) is 13.6 Å². The van der Waals surface area contributed by atoms with Crippen molar-refractivity contribution in [2.45, 2.75) is 13.5 Å². The van der Waals surface area contributed by atoms with Gasteiger partial charge >= 0.3 is 5.97 Å². The second-order valence-electron chi connectivity index (χ2n) is 8.09. The Morgan fingerprint density at radius 2 is 1.83 bits per heavy atom. The molecule has 2 N–H and O–H groups in total. The van der Waals surface area contributed by atoms with E-state index in [1.165, 1.54) is 18.8 Å². The number of carbonyl (C=O) groups is 2. The maximum absolute atomic E-state index is 13.4. The highest BCUT2D eigenvalue weighted by Crippen LogP contribution is 2.34. The average Bonchev–Trinajstić information content (AvgIpc) is 3.17. The molecule has 4 rings (SSSR count). The monoisotopic (exact) mass is 476 g/mol. The van der Waals surface area contributed by atoms with E-state index in [4.69, 9.17) is 9.47 Å². The third-order valence-electron chi connectivity index (χ3n) is 6.19. The highest BCUT2D eigenvalue weighted by molar-refractivity contribution is 5.94. The number of hydrogen-bond acceptors (Lipinski definition) is 6. The number of methoxy groups -OCH3 is 2. The summed E-state index contributed by atoms with van der Waals surface area (Å²) in [6.07, 6.45) is 0.754. The fraction of sp³-hybridized carbons (Fsp3) is 0.192. The molecule has 0 unspecified atom stereocenters. The summed E-state index contributed by atoms with van der Waals surface area (Å²) in [6, 6.07) is 12.2. The lowest BCUT2D eigenvalue weighted by Gasteiger charge is -2.20. The van der Waals surface area contributed by atoms with Gasteiger partial charge in [0.1, 0.15) is 17.2 Å². The van der Waals surface area contributed by atoms with E-state index in [9.17, 15) is 24.6 Å². The van der Waals surface area contributed by atoms with Gasteiger partial charge in [-0.1, -0.05) is 6.07 Å². The van der Waals surface area contributed by atoms with Gasteiger partial charge in [0, 0.05) is 35.1 Å². The number of carbonyl (C=O) groups excluding carboxylic acids is 1. The highest BCUT2D eigenvalue weighted by atomic mass is 16.5. The Balaban J connectivity index is 2.01. The molecule has 4 aromatic rings. The van der Waals surface area contributed by atoms with Gasteiger partial charge in [0.05, 0.1) is 32.2 Å². The smallest absolute Gasteiger partial charge is 0.345 e. The van der Waals surface area contributed by atoms with Crippen LogP contribution in [0.2, 0.25) is 0 Å². The number of nitrogens with zero attached hydrogens (tertiary/aromatic N) is 2.